The van der Waals surface area contributed by atoms with Gasteiger partial charge in [-0.2, -0.15) is 0 Å². The van der Waals surface area contributed by atoms with Gasteiger partial charge in [0.25, 0.3) is 0 Å². The van der Waals surface area contributed by atoms with Gasteiger partial charge in [-0.25, -0.2) is 0 Å². The van der Waals surface area contributed by atoms with Gasteiger partial charge in [-0.3, -0.25) is 4.79 Å². The molecule has 10 fully saturated rings. The van der Waals surface area contributed by atoms with E-state index in [4.69, 9.17) is 51.5 Å². The standard InChI is InChI=1S/C52H86O12Si2/c1-29-21-33-15-17-38-30(2)22-35(56-38)19-20-52-27-43-46(62-52)47-48(61-43)49(63-52)45-39(60-47)18-16-34(58-45)23-32(53)24-37-41(26-40(57-33)31(29)3)59-42(44(37)54-10)25-36(64-66(13,14)51(7,8)9)28-55-65(11,12)50(4,5)6/h29,33-49H,2-3,15-28H2,1,4-14H3/t29?,33-,34?,35?,36?,37?,38-,39?,40+,41?,42?,43?,44+,45-,46?,47-,48+,49?,52-/m0/s1. The Morgan fingerprint density at radius 1 is 0.697 bits per heavy atom. The summed E-state index contributed by atoms with van der Waals surface area (Å²) in [5.74, 6) is -0.554. The Morgan fingerprint density at radius 2 is 1.36 bits per heavy atom. The Balaban J connectivity index is 0.993. The van der Waals surface area contributed by atoms with E-state index in [1.807, 2.05) is 0 Å². The molecule has 11 unspecified atom stereocenters. The summed E-state index contributed by atoms with van der Waals surface area (Å²) in [4.78, 5) is 14.6. The summed E-state index contributed by atoms with van der Waals surface area (Å²) < 4.78 is 76.0. The van der Waals surface area contributed by atoms with E-state index in [0.29, 0.717) is 45.1 Å². The predicted octanol–water partition coefficient (Wildman–Crippen LogP) is 9.53. The Bertz CT molecular complexity index is 1790. The molecule has 66 heavy (non-hydrogen) atoms. The quantitative estimate of drug-likeness (QED) is 0.170. The Kier molecular flexibility index (Phi) is 14.1. The van der Waals surface area contributed by atoms with Crippen LogP contribution in [0.4, 0.5) is 0 Å². The number of hydrogen-bond acceptors (Lipinski definition) is 12. The Morgan fingerprint density at radius 3 is 2.09 bits per heavy atom. The van der Waals surface area contributed by atoms with Crippen LogP contribution < -0.4 is 0 Å². The first-order chi connectivity index (χ1) is 30.9. The van der Waals surface area contributed by atoms with Crippen LogP contribution in [0.25, 0.3) is 0 Å². The van der Waals surface area contributed by atoms with Crippen molar-refractivity contribution in [3.63, 3.8) is 0 Å². The number of rotatable bonds is 8. The number of methoxy groups -OCH3 is 1. The molecular weight excluding hydrogens is 873 g/mol. The van der Waals surface area contributed by atoms with E-state index >= 15 is 0 Å². The van der Waals surface area contributed by atoms with Gasteiger partial charge in [-0.15, -0.1) is 0 Å². The monoisotopic (exact) mass is 959 g/mol. The normalized spacial score (nSPS) is 44.9. The van der Waals surface area contributed by atoms with Crippen molar-refractivity contribution < 1.29 is 56.3 Å². The lowest BCUT2D eigenvalue weighted by Crippen LogP contribution is -2.61. The number of carbonyl (C=O) groups excluding carboxylic acids is 1. The van der Waals surface area contributed by atoms with Crippen molar-refractivity contribution in [3.8, 4) is 0 Å². The van der Waals surface area contributed by atoms with Crippen molar-refractivity contribution in [2.75, 3.05) is 13.7 Å². The van der Waals surface area contributed by atoms with Crippen LogP contribution >= 0.6 is 0 Å². The van der Waals surface area contributed by atoms with Crippen molar-refractivity contribution >= 4 is 22.4 Å². The summed E-state index contributed by atoms with van der Waals surface area (Å²) in [6.45, 7) is 34.8. The number of fused-ring (bicyclic) bond motifs is 6. The largest absolute Gasteiger partial charge is 0.414 e. The molecule has 0 saturated carbocycles. The molecule has 0 aromatic heterocycles. The third kappa shape index (κ3) is 9.87. The van der Waals surface area contributed by atoms with E-state index in [-0.39, 0.29) is 125 Å². The van der Waals surface area contributed by atoms with Gasteiger partial charge in [-0.1, -0.05) is 61.6 Å². The van der Waals surface area contributed by atoms with Gasteiger partial charge >= 0.3 is 0 Å². The Labute approximate surface area is 398 Å². The van der Waals surface area contributed by atoms with E-state index in [1.54, 1.807) is 7.11 Å². The summed E-state index contributed by atoms with van der Waals surface area (Å²) in [6, 6.07) is 0. The third-order valence-electron chi connectivity index (χ3n) is 18.4. The van der Waals surface area contributed by atoms with E-state index in [1.165, 1.54) is 0 Å². The van der Waals surface area contributed by atoms with Crippen molar-refractivity contribution in [1.29, 1.82) is 0 Å². The molecule has 10 rings (SSSR count). The lowest BCUT2D eigenvalue weighted by molar-refractivity contribution is -0.292. The summed E-state index contributed by atoms with van der Waals surface area (Å²) >= 11 is 0. The molecule has 19 atom stereocenters. The molecule has 0 aromatic rings. The number of Topliss-reactive ketones (excluding diaryl/α,β-unsaturated/α-hetero) is 1. The first kappa shape index (κ1) is 50.1. The minimum Gasteiger partial charge on any atom is -0.414 e. The fraction of sp³-hybridized carbons (Fsp3) is 0.904. The summed E-state index contributed by atoms with van der Waals surface area (Å²) in [6.07, 6.45) is 5.96. The van der Waals surface area contributed by atoms with Crippen LogP contribution in [0.15, 0.2) is 24.3 Å². The van der Waals surface area contributed by atoms with Crippen LogP contribution in [0.5, 0.6) is 0 Å². The van der Waals surface area contributed by atoms with Gasteiger partial charge in [0.2, 0.25) is 0 Å². The number of ether oxygens (including phenoxy) is 9. The molecule has 10 aliphatic heterocycles. The first-order valence-electron chi connectivity index (χ1n) is 25.9. The van der Waals surface area contributed by atoms with Crippen molar-refractivity contribution in [2.24, 2.45) is 11.8 Å². The molecular formula is C52H86O12Si2. The molecule has 10 saturated heterocycles. The highest BCUT2D eigenvalue weighted by Crippen LogP contribution is 2.55. The number of ketones is 1. The smallest absolute Gasteiger partial charge is 0.192 e. The maximum Gasteiger partial charge on any atom is 0.192 e. The van der Waals surface area contributed by atoms with E-state index in [9.17, 15) is 4.79 Å². The highest BCUT2D eigenvalue weighted by atomic mass is 28.4. The summed E-state index contributed by atoms with van der Waals surface area (Å²) in [7, 11) is -2.55. The molecule has 374 valence electrons. The zero-order chi connectivity index (χ0) is 47.3. The van der Waals surface area contributed by atoms with Crippen LogP contribution in [-0.2, 0) is 56.3 Å². The van der Waals surface area contributed by atoms with Crippen LogP contribution in [0, 0.1) is 11.8 Å². The molecule has 1 spiro atoms. The topological polar surface area (TPSA) is 119 Å². The maximum absolute atomic E-state index is 14.6. The van der Waals surface area contributed by atoms with Gasteiger partial charge in [0.15, 0.2) is 22.4 Å². The maximum atomic E-state index is 14.6. The highest BCUT2D eigenvalue weighted by molar-refractivity contribution is 6.74. The van der Waals surface area contributed by atoms with Crippen LogP contribution in [-0.4, -0.2) is 140 Å². The fourth-order valence-electron chi connectivity index (χ4n) is 12.4. The van der Waals surface area contributed by atoms with Crippen molar-refractivity contribution in [2.45, 2.75) is 272 Å². The molecule has 12 nitrogen and oxygen atoms in total. The van der Waals surface area contributed by atoms with E-state index < -0.39 is 22.4 Å². The van der Waals surface area contributed by atoms with Gasteiger partial charge in [0.05, 0.1) is 73.8 Å². The van der Waals surface area contributed by atoms with Gasteiger partial charge < -0.3 is 51.5 Å². The molecule has 0 aliphatic carbocycles. The second-order valence-electron chi connectivity index (χ2n) is 25.1. The minimum atomic E-state index is -2.22. The Hall–Kier alpha value is -0.856. The summed E-state index contributed by atoms with van der Waals surface area (Å²) in [5, 5.41) is 0.0634. The molecule has 12 bridgehead atoms. The van der Waals surface area contributed by atoms with Crippen molar-refractivity contribution in [1.82, 2.24) is 0 Å². The lowest BCUT2D eigenvalue weighted by atomic mass is 9.81. The van der Waals surface area contributed by atoms with Crippen LogP contribution in [0.1, 0.15) is 132 Å². The molecule has 0 aromatic carbocycles. The zero-order valence-corrected chi connectivity index (χ0v) is 44.6. The van der Waals surface area contributed by atoms with Crippen LogP contribution in [0.3, 0.4) is 0 Å². The van der Waals surface area contributed by atoms with Crippen LogP contribution in [0.2, 0.25) is 36.3 Å². The van der Waals surface area contributed by atoms with Gasteiger partial charge in [-0.05, 0) is 98.3 Å². The second kappa shape index (κ2) is 18.6. The van der Waals surface area contributed by atoms with E-state index in [0.717, 1.165) is 56.1 Å². The minimum absolute atomic E-state index is 0.00884. The average Bonchev–Trinajstić information content (AvgIpc) is 3.90. The molecule has 10 aliphatic rings. The third-order valence-corrected chi connectivity index (χ3v) is 27.4. The molecule has 0 amide bonds. The fourth-order valence-corrected chi connectivity index (χ4v) is 14.8. The molecule has 14 heteroatoms. The highest BCUT2D eigenvalue weighted by Gasteiger charge is 2.69. The second-order valence-corrected chi connectivity index (χ2v) is 34.7. The molecule has 0 N–H and O–H groups in total. The number of carbonyl (C=O) groups is 1. The summed E-state index contributed by atoms with van der Waals surface area (Å²) in [5.41, 5.74) is 2.25. The van der Waals surface area contributed by atoms with Gasteiger partial charge in [0.1, 0.15) is 36.3 Å². The lowest BCUT2D eigenvalue weighted by Gasteiger charge is -2.47. The molecule has 10 heterocycles. The van der Waals surface area contributed by atoms with Gasteiger partial charge in [0, 0.05) is 51.6 Å². The molecule has 0 radical (unpaired) electrons. The zero-order valence-electron chi connectivity index (χ0n) is 42.6. The average molecular weight is 959 g/mol. The first-order valence-corrected chi connectivity index (χ1v) is 31.8. The predicted molar refractivity (Wildman–Crippen MR) is 256 cm³/mol. The SMILES string of the molecule is C=C1CC2CC[C@@]34CC5O[C@H]6C(O3)[C@H]3OC(CCC3O[C@H]6C5O4)CC(=O)CC3C(C[C@H]4O[C@@H](CC[C@@H]1O2)CC(C)C4=C)OC(CC(CO[Si](C)(C)C(C)(C)C)O[Si](C)(C)C(C)(C)C)[C@@H]3OC. The number of hydrogen-bond donors (Lipinski definition) is 0. The van der Waals surface area contributed by atoms with E-state index in [2.05, 4.69) is 87.8 Å². The van der Waals surface area contributed by atoms with Crippen molar-refractivity contribution in [3.05, 3.63) is 24.3 Å².